The van der Waals surface area contributed by atoms with E-state index in [1.807, 2.05) is 0 Å². The molecule has 1 heterocycles. The summed E-state index contributed by atoms with van der Waals surface area (Å²) in [6.45, 7) is 2.01. The lowest BCUT2D eigenvalue weighted by atomic mass is 9.78. The van der Waals surface area contributed by atoms with Crippen LogP contribution in [-0.2, 0) is 14.3 Å². The van der Waals surface area contributed by atoms with E-state index < -0.39 is 17.8 Å². The van der Waals surface area contributed by atoms with Gasteiger partial charge in [-0.1, -0.05) is 25.0 Å². The second kappa shape index (κ2) is 8.31. The number of ether oxygens (including phenoxy) is 1. The molecule has 1 aromatic rings. The molecule has 1 aliphatic carbocycles. The third kappa shape index (κ3) is 4.04. The van der Waals surface area contributed by atoms with Crippen LogP contribution in [0.5, 0.6) is 0 Å². The minimum absolute atomic E-state index is 0.163. The van der Waals surface area contributed by atoms with E-state index in [0.29, 0.717) is 50.4 Å². The van der Waals surface area contributed by atoms with Gasteiger partial charge in [0.1, 0.15) is 0 Å². The van der Waals surface area contributed by atoms with Crippen LogP contribution in [0, 0.1) is 11.8 Å². The lowest BCUT2D eigenvalue weighted by molar-refractivity contribution is -0.313. The highest BCUT2D eigenvalue weighted by Gasteiger charge is 2.32. The van der Waals surface area contributed by atoms with Crippen molar-refractivity contribution in [2.24, 2.45) is 11.8 Å². The Morgan fingerprint density at radius 2 is 1.69 bits per heavy atom. The summed E-state index contributed by atoms with van der Waals surface area (Å²) in [6, 6.07) is 6.82. The lowest BCUT2D eigenvalue weighted by Crippen LogP contribution is -2.43. The van der Waals surface area contributed by atoms with E-state index >= 15 is 0 Å². The SMILES string of the molecule is O=C([O-])[C@H]1CCCC[C@H]1C(=O)Nc1ccccc1C(=O)N1CCOCC1. The molecule has 0 aromatic heterocycles. The second-order valence-electron chi connectivity index (χ2n) is 6.76. The third-order valence-corrected chi connectivity index (χ3v) is 5.12. The monoisotopic (exact) mass is 359 g/mol. The number of amides is 2. The van der Waals surface area contributed by atoms with E-state index in [9.17, 15) is 19.5 Å². The van der Waals surface area contributed by atoms with Crippen LogP contribution in [0.1, 0.15) is 36.0 Å². The van der Waals surface area contributed by atoms with E-state index in [-0.39, 0.29) is 11.8 Å². The smallest absolute Gasteiger partial charge is 0.256 e. The summed E-state index contributed by atoms with van der Waals surface area (Å²) >= 11 is 0. The number of carboxylic acid groups (broad SMARTS) is 1. The molecule has 0 radical (unpaired) electrons. The quantitative estimate of drug-likeness (QED) is 0.851. The first-order valence-corrected chi connectivity index (χ1v) is 9.05. The van der Waals surface area contributed by atoms with Crippen molar-refractivity contribution in [1.82, 2.24) is 4.90 Å². The fourth-order valence-corrected chi connectivity index (χ4v) is 3.67. The number of para-hydroxylation sites is 1. The van der Waals surface area contributed by atoms with Crippen molar-refractivity contribution in [3.63, 3.8) is 0 Å². The number of nitrogens with one attached hydrogen (secondary N) is 1. The minimum atomic E-state index is -1.18. The number of aliphatic carboxylic acids is 1. The van der Waals surface area contributed by atoms with Gasteiger partial charge in [-0.25, -0.2) is 0 Å². The maximum atomic E-state index is 12.8. The van der Waals surface area contributed by atoms with Crippen molar-refractivity contribution in [1.29, 1.82) is 0 Å². The van der Waals surface area contributed by atoms with Crippen LogP contribution in [0.2, 0.25) is 0 Å². The molecule has 26 heavy (non-hydrogen) atoms. The largest absolute Gasteiger partial charge is 0.550 e. The van der Waals surface area contributed by atoms with Gasteiger partial charge in [0.05, 0.1) is 24.5 Å². The molecule has 3 rings (SSSR count). The van der Waals surface area contributed by atoms with Gasteiger partial charge in [-0.3, -0.25) is 9.59 Å². The van der Waals surface area contributed by atoms with E-state index in [4.69, 9.17) is 4.74 Å². The van der Waals surface area contributed by atoms with Crippen molar-refractivity contribution < 1.29 is 24.2 Å². The van der Waals surface area contributed by atoms with Crippen LogP contribution in [0.4, 0.5) is 5.69 Å². The highest BCUT2D eigenvalue weighted by atomic mass is 16.5. The second-order valence-corrected chi connectivity index (χ2v) is 6.76. The molecule has 2 amide bonds. The van der Waals surface area contributed by atoms with E-state index in [1.165, 1.54) is 0 Å². The Morgan fingerprint density at radius 3 is 2.38 bits per heavy atom. The minimum Gasteiger partial charge on any atom is -0.550 e. The Balaban J connectivity index is 1.76. The number of carbonyl (C=O) groups is 3. The normalized spacial score (nSPS) is 23.3. The maximum Gasteiger partial charge on any atom is 0.256 e. The van der Waals surface area contributed by atoms with Crippen LogP contribution in [0.25, 0.3) is 0 Å². The highest BCUT2D eigenvalue weighted by Crippen LogP contribution is 2.31. The third-order valence-electron chi connectivity index (χ3n) is 5.12. The van der Waals surface area contributed by atoms with Gasteiger partial charge in [0, 0.05) is 30.9 Å². The molecule has 0 bridgehead atoms. The molecular formula is C19H23N2O5-. The fourth-order valence-electron chi connectivity index (χ4n) is 3.67. The first-order valence-electron chi connectivity index (χ1n) is 9.05. The summed E-state index contributed by atoms with van der Waals surface area (Å²) in [5, 5.41) is 14.1. The molecule has 2 atom stereocenters. The summed E-state index contributed by atoms with van der Waals surface area (Å²) < 4.78 is 5.27. The molecule has 0 unspecified atom stereocenters. The molecule has 1 saturated heterocycles. The number of benzene rings is 1. The fraction of sp³-hybridized carbons (Fsp3) is 0.526. The molecule has 140 valence electrons. The van der Waals surface area contributed by atoms with Crippen molar-refractivity contribution in [3.05, 3.63) is 29.8 Å². The topological polar surface area (TPSA) is 98.8 Å². The highest BCUT2D eigenvalue weighted by molar-refractivity contribution is 6.04. The predicted molar refractivity (Wildman–Crippen MR) is 92.2 cm³/mol. The molecule has 1 aliphatic heterocycles. The van der Waals surface area contributed by atoms with Gasteiger partial charge in [0.25, 0.3) is 5.91 Å². The number of hydrogen-bond acceptors (Lipinski definition) is 5. The van der Waals surface area contributed by atoms with Crippen molar-refractivity contribution >= 4 is 23.5 Å². The molecular weight excluding hydrogens is 336 g/mol. The Labute approximate surface area is 152 Å². The van der Waals surface area contributed by atoms with E-state index in [2.05, 4.69) is 5.32 Å². The van der Waals surface area contributed by atoms with Crippen LogP contribution in [-0.4, -0.2) is 49.0 Å². The standard InChI is InChI=1S/C19H24N2O5/c22-17(13-5-1-2-6-14(13)19(24)25)20-16-8-4-3-7-15(16)18(23)21-9-11-26-12-10-21/h3-4,7-8,13-14H,1-2,5-6,9-12H2,(H,20,22)(H,24,25)/p-1/t13-,14+/m1/s1. The van der Waals surface area contributed by atoms with Gasteiger partial charge >= 0.3 is 0 Å². The zero-order chi connectivity index (χ0) is 18.5. The molecule has 1 N–H and O–H groups in total. The van der Waals surface area contributed by atoms with Crippen LogP contribution < -0.4 is 10.4 Å². The number of morpholine rings is 1. The van der Waals surface area contributed by atoms with E-state index in [1.54, 1.807) is 29.2 Å². The van der Waals surface area contributed by atoms with Crippen LogP contribution in [0.15, 0.2) is 24.3 Å². The zero-order valence-corrected chi connectivity index (χ0v) is 14.6. The number of hydrogen-bond donors (Lipinski definition) is 1. The molecule has 1 saturated carbocycles. The molecule has 1 aromatic carbocycles. The first-order chi connectivity index (χ1) is 12.6. The average Bonchev–Trinajstić information content (AvgIpc) is 2.68. The van der Waals surface area contributed by atoms with Gasteiger partial charge in [0.15, 0.2) is 0 Å². The molecule has 2 fully saturated rings. The summed E-state index contributed by atoms with van der Waals surface area (Å²) in [4.78, 5) is 38.5. The number of anilines is 1. The summed E-state index contributed by atoms with van der Waals surface area (Å²) in [5.74, 6) is -3.10. The Kier molecular flexibility index (Phi) is 5.88. The Bertz CT molecular complexity index is 684. The number of carbonyl (C=O) groups excluding carboxylic acids is 3. The maximum absolute atomic E-state index is 12.8. The Hall–Kier alpha value is -2.41. The van der Waals surface area contributed by atoms with Gasteiger partial charge in [-0.2, -0.15) is 0 Å². The van der Waals surface area contributed by atoms with Crippen molar-refractivity contribution in [2.45, 2.75) is 25.7 Å². The van der Waals surface area contributed by atoms with Gasteiger partial charge in [-0.15, -0.1) is 0 Å². The lowest BCUT2D eigenvalue weighted by Gasteiger charge is -2.31. The molecule has 7 heteroatoms. The summed E-state index contributed by atoms with van der Waals surface area (Å²) in [6.07, 6.45) is 2.57. The summed E-state index contributed by atoms with van der Waals surface area (Å²) in [5.41, 5.74) is 0.820. The average molecular weight is 359 g/mol. The van der Waals surface area contributed by atoms with E-state index in [0.717, 1.165) is 12.8 Å². The zero-order valence-electron chi connectivity index (χ0n) is 14.6. The number of nitrogens with zero attached hydrogens (tertiary/aromatic N) is 1. The first kappa shape index (κ1) is 18.4. The van der Waals surface area contributed by atoms with Gasteiger partial charge < -0.3 is 24.9 Å². The number of rotatable bonds is 4. The predicted octanol–water partition coefficient (Wildman–Crippen LogP) is 0.654. The number of carboxylic acids is 1. The van der Waals surface area contributed by atoms with Gasteiger partial charge in [-0.05, 0) is 25.0 Å². The van der Waals surface area contributed by atoms with Crippen molar-refractivity contribution in [3.8, 4) is 0 Å². The molecule has 2 aliphatic rings. The molecule has 7 nitrogen and oxygen atoms in total. The van der Waals surface area contributed by atoms with Crippen molar-refractivity contribution in [2.75, 3.05) is 31.6 Å². The molecule has 0 spiro atoms. The summed E-state index contributed by atoms with van der Waals surface area (Å²) in [7, 11) is 0. The van der Waals surface area contributed by atoms with Crippen LogP contribution in [0.3, 0.4) is 0 Å². The van der Waals surface area contributed by atoms with Crippen LogP contribution >= 0.6 is 0 Å². The Morgan fingerprint density at radius 1 is 1.04 bits per heavy atom. The van der Waals surface area contributed by atoms with Gasteiger partial charge in [0.2, 0.25) is 5.91 Å².